The van der Waals surface area contributed by atoms with Crippen LogP contribution in [0.2, 0.25) is 5.02 Å². The van der Waals surface area contributed by atoms with Gasteiger partial charge in [0.1, 0.15) is 11.7 Å². The third-order valence-electron chi connectivity index (χ3n) is 5.62. The minimum atomic E-state index is -0.602. The molecule has 2 aliphatic rings. The van der Waals surface area contributed by atoms with Gasteiger partial charge in [-0.05, 0) is 57.7 Å². The Kier molecular flexibility index (Phi) is 7.26. The Hall–Kier alpha value is -1.83. The normalized spacial score (nSPS) is 23.9. The highest BCUT2D eigenvalue weighted by Crippen LogP contribution is 2.26. The van der Waals surface area contributed by atoms with Gasteiger partial charge in [0, 0.05) is 36.7 Å². The molecule has 1 aromatic rings. The van der Waals surface area contributed by atoms with Crippen molar-refractivity contribution >= 4 is 23.6 Å². The Labute approximate surface area is 183 Å². The largest absolute Gasteiger partial charge is 0.444 e. The number of piperidine rings is 1. The zero-order chi connectivity index (χ0) is 21.9. The van der Waals surface area contributed by atoms with Crippen LogP contribution in [-0.2, 0) is 20.7 Å². The number of likely N-dealkylation sites (tertiary alicyclic amines) is 1. The minimum Gasteiger partial charge on any atom is -0.444 e. The summed E-state index contributed by atoms with van der Waals surface area (Å²) in [5.74, 6) is -0.434. The van der Waals surface area contributed by atoms with Crippen molar-refractivity contribution in [3.8, 4) is 0 Å². The van der Waals surface area contributed by atoms with Crippen molar-refractivity contribution in [2.75, 3.05) is 26.2 Å². The number of nitrogens with two attached hydrogens (primary N) is 1. The first-order chi connectivity index (χ1) is 14.1. The first kappa shape index (κ1) is 22.8. The average Bonchev–Trinajstić information content (AvgIpc) is 2.68. The second kappa shape index (κ2) is 9.54. The van der Waals surface area contributed by atoms with E-state index in [0.717, 1.165) is 19.3 Å². The molecule has 2 heterocycles. The number of primary amides is 1. The lowest BCUT2D eigenvalue weighted by Crippen LogP contribution is -2.59. The van der Waals surface area contributed by atoms with E-state index in [1.54, 1.807) is 4.90 Å². The average molecular weight is 438 g/mol. The highest BCUT2D eigenvalue weighted by atomic mass is 35.5. The number of halogens is 1. The summed E-state index contributed by atoms with van der Waals surface area (Å²) in [6.45, 7) is 7.80. The SMILES string of the molecule is CC(C)(C)OC(=O)N1CCC(N2CC(C(N)=O)OC[C@@H]2Cc2ccc(Cl)cc2)CC1. The zero-order valence-corrected chi connectivity index (χ0v) is 18.7. The maximum Gasteiger partial charge on any atom is 0.410 e. The summed E-state index contributed by atoms with van der Waals surface area (Å²) in [6, 6.07) is 8.20. The lowest BCUT2D eigenvalue weighted by molar-refractivity contribution is -0.142. The Morgan fingerprint density at radius 1 is 1.20 bits per heavy atom. The molecule has 2 aliphatic heterocycles. The summed E-state index contributed by atoms with van der Waals surface area (Å²) < 4.78 is 11.3. The van der Waals surface area contributed by atoms with Crippen molar-refractivity contribution < 1.29 is 19.1 Å². The summed E-state index contributed by atoms with van der Waals surface area (Å²) >= 11 is 6.01. The van der Waals surface area contributed by atoms with Crippen molar-refractivity contribution in [3.63, 3.8) is 0 Å². The quantitative estimate of drug-likeness (QED) is 0.782. The molecular weight excluding hydrogens is 406 g/mol. The molecule has 30 heavy (non-hydrogen) atoms. The molecule has 2 amide bonds. The first-order valence-corrected chi connectivity index (χ1v) is 10.9. The standard InChI is InChI=1S/C22H32ClN3O4/c1-22(2,3)30-21(28)25-10-8-17(9-11-25)26-13-19(20(24)27)29-14-18(26)12-15-4-6-16(23)7-5-15/h4-7,17-19H,8-14H2,1-3H3,(H2,24,27)/t18-,19?/m0/s1. The fraction of sp³-hybridized carbons (Fsp3) is 0.636. The van der Waals surface area contributed by atoms with Crippen LogP contribution in [0.5, 0.6) is 0 Å². The zero-order valence-electron chi connectivity index (χ0n) is 18.0. The highest BCUT2D eigenvalue weighted by molar-refractivity contribution is 6.30. The molecule has 0 aromatic heterocycles. The number of hydrogen-bond donors (Lipinski definition) is 1. The van der Waals surface area contributed by atoms with Crippen LogP contribution in [-0.4, -0.2) is 71.8 Å². The van der Waals surface area contributed by atoms with Gasteiger partial charge in [-0.15, -0.1) is 0 Å². The van der Waals surface area contributed by atoms with Gasteiger partial charge in [-0.1, -0.05) is 23.7 Å². The van der Waals surface area contributed by atoms with Crippen LogP contribution in [0.1, 0.15) is 39.2 Å². The topological polar surface area (TPSA) is 85.1 Å². The van der Waals surface area contributed by atoms with Gasteiger partial charge in [0.25, 0.3) is 0 Å². The minimum absolute atomic E-state index is 0.139. The van der Waals surface area contributed by atoms with E-state index < -0.39 is 17.6 Å². The van der Waals surface area contributed by atoms with Gasteiger partial charge in [0.15, 0.2) is 0 Å². The fourth-order valence-electron chi connectivity index (χ4n) is 4.11. The molecule has 0 radical (unpaired) electrons. The number of morpholine rings is 1. The number of benzene rings is 1. The number of hydrogen-bond acceptors (Lipinski definition) is 5. The summed E-state index contributed by atoms with van der Waals surface area (Å²) in [5, 5.41) is 0.707. The van der Waals surface area contributed by atoms with Gasteiger partial charge in [-0.2, -0.15) is 0 Å². The van der Waals surface area contributed by atoms with E-state index in [1.807, 2.05) is 45.0 Å². The number of carbonyl (C=O) groups is 2. The Bertz CT molecular complexity index is 742. The molecule has 2 fully saturated rings. The number of ether oxygens (including phenoxy) is 2. The van der Waals surface area contributed by atoms with Gasteiger partial charge in [-0.3, -0.25) is 9.69 Å². The molecule has 0 saturated carbocycles. The summed E-state index contributed by atoms with van der Waals surface area (Å²) in [6.07, 6.45) is 1.57. The number of carbonyl (C=O) groups excluding carboxylic acids is 2. The molecule has 3 rings (SSSR count). The molecule has 2 atom stereocenters. The summed E-state index contributed by atoms with van der Waals surface area (Å²) in [4.78, 5) is 28.2. The Morgan fingerprint density at radius 2 is 1.83 bits per heavy atom. The van der Waals surface area contributed by atoms with Crippen LogP contribution in [0.15, 0.2) is 24.3 Å². The van der Waals surface area contributed by atoms with E-state index in [4.69, 9.17) is 26.8 Å². The first-order valence-electron chi connectivity index (χ1n) is 10.5. The van der Waals surface area contributed by atoms with Gasteiger partial charge in [-0.25, -0.2) is 4.79 Å². The van der Waals surface area contributed by atoms with E-state index in [9.17, 15) is 9.59 Å². The predicted molar refractivity (Wildman–Crippen MR) is 115 cm³/mol. The summed E-state index contributed by atoms with van der Waals surface area (Å²) in [7, 11) is 0. The monoisotopic (exact) mass is 437 g/mol. The van der Waals surface area contributed by atoms with Crippen LogP contribution in [0.3, 0.4) is 0 Å². The maximum atomic E-state index is 12.4. The number of amides is 2. The Morgan fingerprint density at radius 3 is 2.40 bits per heavy atom. The third-order valence-corrected chi connectivity index (χ3v) is 5.87. The lowest BCUT2D eigenvalue weighted by Gasteiger charge is -2.46. The van der Waals surface area contributed by atoms with E-state index in [0.29, 0.717) is 31.3 Å². The molecule has 2 N–H and O–H groups in total. The molecule has 166 valence electrons. The van der Waals surface area contributed by atoms with E-state index in [1.165, 1.54) is 5.56 Å². The van der Waals surface area contributed by atoms with Crippen molar-refractivity contribution in [2.24, 2.45) is 5.73 Å². The third kappa shape index (κ3) is 6.09. The van der Waals surface area contributed by atoms with Crippen LogP contribution in [0, 0.1) is 0 Å². The molecule has 2 saturated heterocycles. The van der Waals surface area contributed by atoms with Gasteiger partial charge < -0.3 is 20.1 Å². The van der Waals surface area contributed by atoms with Crippen LogP contribution in [0.25, 0.3) is 0 Å². The molecule has 1 unspecified atom stereocenters. The Balaban J connectivity index is 1.65. The van der Waals surface area contributed by atoms with Crippen molar-refractivity contribution in [1.82, 2.24) is 9.80 Å². The van der Waals surface area contributed by atoms with Crippen LogP contribution in [0.4, 0.5) is 4.79 Å². The second-order valence-corrected chi connectivity index (χ2v) is 9.54. The van der Waals surface area contributed by atoms with Crippen molar-refractivity contribution in [2.45, 2.75) is 63.8 Å². The number of nitrogens with zero attached hydrogens (tertiary/aromatic N) is 2. The number of rotatable bonds is 4. The highest BCUT2D eigenvalue weighted by Gasteiger charge is 2.38. The molecule has 0 bridgehead atoms. The molecular formula is C22H32ClN3O4. The van der Waals surface area contributed by atoms with Crippen LogP contribution >= 0.6 is 11.6 Å². The van der Waals surface area contributed by atoms with E-state index in [2.05, 4.69) is 4.90 Å². The van der Waals surface area contributed by atoms with Gasteiger partial charge in [0.05, 0.1) is 6.61 Å². The van der Waals surface area contributed by atoms with Crippen molar-refractivity contribution in [1.29, 1.82) is 0 Å². The van der Waals surface area contributed by atoms with Gasteiger partial charge >= 0.3 is 6.09 Å². The molecule has 7 nitrogen and oxygen atoms in total. The van der Waals surface area contributed by atoms with E-state index >= 15 is 0 Å². The lowest BCUT2D eigenvalue weighted by atomic mass is 9.96. The second-order valence-electron chi connectivity index (χ2n) is 9.10. The molecule has 0 aliphatic carbocycles. The van der Waals surface area contributed by atoms with E-state index in [-0.39, 0.29) is 18.2 Å². The fourth-order valence-corrected chi connectivity index (χ4v) is 4.24. The molecule has 1 aromatic carbocycles. The van der Waals surface area contributed by atoms with Gasteiger partial charge in [0.2, 0.25) is 5.91 Å². The maximum absolute atomic E-state index is 12.4. The molecule has 8 heteroatoms. The molecule has 0 spiro atoms. The summed E-state index contributed by atoms with van der Waals surface area (Å²) in [5.41, 5.74) is 6.18. The van der Waals surface area contributed by atoms with Crippen molar-refractivity contribution in [3.05, 3.63) is 34.9 Å². The van der Waals surface area contributed by atoms with Crippen LogP contribution < -0.4 is 5.73 Å². The predicted octanol–water partition coefficient (Wildman–Crippen LogP) is 2.84. The smallest absolute Gasteiger partial charge is 0.410 e.